The highest BCUT2D eigenvalue weighted by Crippen LogP contribution is 2.22. The molecule has 1 amide bonds. The van der Waals surface area contributed by atoms with E-state index >= 15 is 0 Å². The number of nitrogens with two attached hydrogens (primary N) is 1. The molecule has 0 saturated heterocycles. The predicted molar refractivity (Wildman–Crippen MR) is 117 cm³/mol. The summed E-state index contributed by atoms with van der Waals surface area (Å²) < 4.78 is 1.24. The molecule has 0 bridgehead atoms. The van der Waals surface area contributed by atoms with Crippen LogP contribution in [0.1, 0.15) is 44.5 Å². The monoisotopic (exact) mass is 419 g/mol. The number of hydrogen-bond donors (Lipinski definition) is 1. The van der Waals surface area contributed by atoms with Crippen molar-refractivity contribution in [3.05, 3.63) is 29.3 Å². The number of unbranched alkanes of at least 4 members (excludes halogenated alkanes) is 1. The number of fused-ring (bicyclic) bond motifs is 1. The van der Waals surface area contributed by atoms with Gasteiger partial charge in [0.2, 0.25) is 5.91 Å². The van der Waals surface area contributed by atoms with E-state index in [0.29, 0.717) is 12.3 Å². The molecule has 0 spiro atoms. The maximum absolute atomic E-state index is 12.1. The third kappa shape index (κ3) is 7.78. The van der Waals surface area contributed by atoms with Gasteiger partial charge < -0.3 is 10.6 Å². The van der Waals surface area contributed by atoms with Gasteiger partial charge in [0, 0.05) is 26.1 Å². The molecule has 0 aliphatic carbocycles. The van der Waals surface area contributed by atoms with Crippen LogP contribution in [0.3, 0.4) is 0 Å². The number of nitrogens with zero attached hydrogens (tertiary/aromatic N) is 2. The van der Waals surface area contributed by atoms with Crippen LogP contribution in [0, 0.1) is 5.92 Å². The maximum Gasteiger partial charge on any atom is 0.222 e. The van der Waals surface area contributed by atoms with Gasteiger partial charge in [0.1, 0.15) is 0 Å². The molecule has 2 rings (SSSR count). The van der Waals surface area contributed by atoms with Crippen LogP contribution in [0.25, 0.3) is 10.2 Å². The van der Waals surface area contributed by atoms with E-state index in [-0.39, 0.29) is 36.8 Å². The van der Waals surface area contributed by atoms with Crippen LogP contribution in [-0.2, 0) is 11.2 Å². The lowest BCUT2D eigenvalue weighted by Crippen LogP contribution is -2.34. The third-order valence-electron chi connectivity index (χ3n) is 4.45. The second kappa shape index (κ2) is 12.5. The Hall–Kier alpha value is -0.880. The number of para-hydroxylation sites is 1. The molecule has 7 heteroatoms. The van der Waals surface area contributed by atoms with Gasteiger partial charge in [0.15, 0.2) is 0 Å². The summed E-state index contributed by atoms with van der Waals surface area (Å²) in [5, 5.41) is 1.17. The highest BCUT2D eigenvalue weighted by Gasteiger charge is 2.12. The summed E-state index contributed by atoms with van der Waals surface area (Å²) in [7, 11) is 1.88. The van der Waals surface area contributed by atoms with Gasteiger partial charge in [0.05, 0.1) is 15.2 Å². The van der Waals surface area contributed by atoms with Gasteiger partial charge >= 0.3 is 0 Å². The van der Waals surface area contributed by atoms with Gasteiger partial charge in [-0.2, -0.15) is 0 Å². The summed E-state index contributed by atoms with van der Waals surface area (Å²) in [6, 6.07) is 8.39. The van der Waals surface area contributed by atoms with Crippen molar-refractivity contribution in [2.75, 3.05) is 13.6 Å². The van der Waals surface area contributed by atoms with Crippen molar-refractivity contribution in [1.82, 2.24) is 9.88 Å². The minimum atomic E-state index is 0. The number of carbonyl (C=O) groups excluding carboxylic acids is 1. The zero-order valence-corrected chi connectivity index (χ0v) is 18.3. The van der Waals surface area contributed by atoms with E-state index in [1.807, 2.05) is 24.1 Å². The summed E-state index contributed by atoms with van der Waals surface area (Å²) in [5.74, 6) is 0.678. The number of benzene rings is 1. The Bertz CT molecular complexity index is 630. The van der Waals surface area contributed by atoms with E-state index in [2.05, 4.69) is 31.0 Å². The maximum atomic E-state index is 12.1. The Morgan fingerprint density at radius 3 is 2.58 bits per heavy atom. The van der Waals surface area contributed by atoms with Gasteiger partial charge in [-0.3, -0.25) is 4.79 Å². The number of thiazole rings is 1. The fourth-order valence-corrected chi connectivity index (χ4v) is 3.58. The summed E-state index contributed by atoms with van der Waals surface area (Å²) in [4.78, 5) is 18.6. The molecule has 0 aliphatic heterocycles. The molecule has 1 aromatic heterocycles. The van der Waals surface area contributed by atoms with Crippen molar-refractivity contribution >= 4 is 52.3 Å². The lowest BCUT2D eigenvalue weighted by atomic mass is 10.0. The average Bonchev–Trinajstić information content (AvgIpc) is 2.98. The number of halogens is 2. The van der Waals surface area contributed by atoms with E-state index in [9.17, 15) is 4.79 Å². The molecule has 1 aromatic carbocycles. The topological polar surface area (TPSA) is 59.2 Å². The standard InChI is InChI=1S/C19H29N3OS.2ClH/c1-14(2)15(20)12-13-22(3)19(23)11-7-6-10-18-21-16-8-4-5-9-17(16)24-18;;/h4-5,8-9,14-15H,6-7,10-13,20H2,1-3H3;2*1H. The quantitative estimate of drug-likeness (QED) is 0.599. The number of hydrogen-bond acceptors (Lipinski definition) is 4. The zero-order valence-electron chi connectivity index (χ0n) is 15.8. The van der Waals surface area contributed by atoms with Gasteiger partial charge in [-0.05, 0) is 43.7 Å². The highest BCUT2D eigenvalue weighted by atomic mass is 35.5. The molecule has 0 radical (unpaired) electrons. The largest absolute Gasteiger partial charge is 0.346 e. The normalized spacial score (nSPS) is 11.7. The van der Waals surface area contributed by atoms with Gasteiger partial charge in [0.25, 0.3) is 0 Å². The summed E-state index contributed by atoms with van der Waals surface area (Å²) >= 11 is 1.76. The molecule has 2 aromatic rings. The Labute approximate surface area is 173 Å². The number of amides is 1. The van der Waals surface area contributed by atoms with Crippen LogP contribution in [0.4, 0.5) is 0 Å². The SMILES string of the molecule is CC(C)C(N)CCN(C)C(=O)CCCCc1nc2ccccc2s1.Cl.Cl. The molecule has 2 N–H and O–H groups in total. The zero-order chi connectivity index (χ0) is 17.5. The second-order valence-electron chi connectivity index (χ2n) is 6.79. The second-order valence-corrected chi connectivity index (χ2v) is 7.91. The van der Waals surface area contributed by atoms with Gasteiger partial charge in [-0.15, -0.1) is 36.2 Å². The summed E-state index contributed by atoms with van der Waals surface area (Å²) in [5.41, 5.74) is 7.12. The smallest absolute Gasteiger partial charge is 0.222 e. The first-order chi connectivity index (χ1) is 11.5. The molecule has 4 nitrogen and oxygen atoms in total. The first-order valence-electron chi connectivity index (χ1n) is 8.81. The molecule has 0 fully saturated rings. The fraction of sp³-hybridized carbons (Fsp3) is 0.579. The van der Waals surface area contributed by atoms with Gasteiger partial charge in [-0.25, -0.2) is 4.98 Å². The van der Waals surface area contributed by atoms with Crippen LogP contribution >= 0.6 is 36.2 Å². The van der Waals surface area contributed by atoms with E-state index in [1.165, 1.54) is 9.71 Å². The van der Waals surface area contributed by atoms with Gasteiger partial charge in [-0.1, -0.05) is 26.0 Å². The lowest BCUT2D eigenvalue weighted by Gasteiger charge is -2.21. The molecule has 0 saturated carbocycles. The van der Waals surface area contributed by atoms with E-state index < -0.39 is 0 Å². The first-order valence-corrected chi connectivity index (χ1v) is 9.63. The van der Waals surface area contributed by atoms with Crippen molar-refractivity contribution in [2.24, 2.45) is 11.7 Å². The predicted octanol–water partition coefficient (Wildman–Crippen LogP) is 4.68. The van der Waals surface area contributed by atoms with Crippen LogP contribution in [0.5, 0.6) is 0 Å². The van der Waals surface area contributed by atoms with Crippen LogP contribution in [0.15, 0.2) is 24.3 Å². The number of carbonyl (C=O) groups is 1. The van der Waals surface area contributed by atoms with Crippen molar-refractivity contribution in [2.45, 2.75) is 52.0 Å². The van der Waals surface area contributed by atoms with E-state index in [0.717, 1.165) is 37.7 Å². The Kier molecular flexibility index (Phi) is 12.1. The van der Waals surface area contributed by atoms with Crippen LogP contribution in [-0.4, -0.2) is 35.4 Å². The molecule has 0 aliphatic rings. The lowest BCUT2D eigenvalue weighted by molar-refractivity contribution is -0.130. The summed E-state index contributed by atoms with van der Waals surface area (Å²) in [6.45, 7) is 4.99. The van der Waals surface area contributed by atoms with Crippen molar-refractivity contribution in [3.63, 3.8) is 0 Å². The van der Waals surface area contributed by atoms with E-state index in [1.54, 1.807) is 11.3 Å². The molecule has 1 atom stereocenters. The third-order valence-corrected chi connectivity index (χ3v) is 5.55. The molecular weight excluding hydrogens is 389 g/mol. The Balaban J connectivity index is 0.00000312. The molecule has 148 valence electrons. The Morgan fingerprint density at radius 1 is 1.23 bits per heavy atom. The molecule has 1 heterocycles. The van der Waals surface area contributed by atoms with Crippen molar-refractivity contribution < 1.29 is 4.79 Å². The highest BCUT2D eigenvalue weighted by molar-refractivity contribution is 7.18. The molecule has 26 heavy (non-hydrogen) atoms. The van der Waals surface area contributed by atoms with Crippen LogP contribution in [0.2, 0.25) is 0 Å². The summed E-state index contributed by atoms with van der Waals surface area (Å²) in [6.07, 6.45) is 4.35. The van der Waals surface area contributed by atoms with Crippen molar-refractivity contribution in [3.8, 4) is 0 Å². The molecule has 1 unspecified atom stereocenters. The fourth-order valence-electron chi connectivity index (χ4n) is 2.57. The van der Waals surface area contributed by atoms with Crippen molar-refractivity contribution in [1.29, 1.82) is 0 Å². The minimum absolute atomic E-state index is 0. The number of aromatic nitrogens is 1. The first kappa shape index (κ1) is 25.1. The van der Waals surface area contributed by atoms with Crippen LogP contribution < -0.4 is 5.73 Å². The van der Waals surface area contributed by atoms with E-state index in [4.69, 9.17) is 5.73 Å². The number of rotatable bonds is 9. The molecular formula is C19H31Cl2N3OS. The number of aryl methyl sites for hydroxylation is 1. The minimum Gasteiger partial charge on any atom is -0.346 e. The Morgan fingerprint density at radius 2 is 1.92 bits per heavy atom. The average molecular weight is 420 g/mol.